The molecule has 1 aromatic heterocycles. The van der Waals surface area contributed by atoms with Gasteiger partial charge in [0.2, 0.25) is 0 Å². The van der Waals surface area contributed by atoms with Crippen LogP contribution in [0, 0.1) is 0 Å². The van der Waals surface area contributed by atoms with Crippen molar-refractivity contribution < 1.29 is 0 Å². The molecule has 3 nitrogen and oxygen atoms in total. The molecule has 0 aromatic carbocycles. The van der Waals surface area contributed by atoms with Gasteiger partial charge in [-0.2, -0.15) is 5.10 Å². The summed E-state index contributed by atoms with van der Waals surface area (Å²) in [4.78, 5) is 0. The Morgan fingerprint density at radius 2 is 2.42 bits per heavy atom. The Labute approximate surface area is 72.6 Å². The molecule has 0 spiro atoms. The smallest absolute Gasteiger partial charge is 0.0540 e. The zero-order valence-electron chi connectivity index (χ0n) is 7.45. The van der Waals surface area contributed by atoms with Crippen LogP contribution >= 0.6 is 0 Å². The highest BCUT2D eigenvalue weighted by Crippen LogP contribution is 2.38. The Kier molecular flexibility index (Phi) is 1.68. The molecule has 0 atom stereocenters. The van der Waals surface area contributed by atoms with Gasteiger partial charge in [-0.1, -0.05) is 0 Å². The summed E-state index contributed by atoms with van der Waals surface area (Å²) in [7, 11) is 0. The normalized spacial score (nSPS) is 20.5. The summed E-state index contributed by atoms with van der Waals surface area (Å²) in [5.74, 6) is 0. The number of hydrogen-bond donors (Lipinski definition) is 1. The minimum Gasteiger partial charge on any atom is -0.321 e. The van der Waals surface area contributed by atoms with Crippen molar-refractivity contribution in [1.82, 2.24) is 9.78 Å². The molecule has 12 heavy (non-hydrogen) atoms. The van der Waals surface area contributed by atoms with Gasteiger partial charge in [-0.25, -0.2) is 0 Å². The maximum absolute atomic E-state index is 6.14. The van der Waals surface area contributed by atoms with Gasteiger partial charge in [-0.05, 0) is 26.2 Å². The lowest BCUT2D eigenvalue weighted by atomic mass is 9.74. The second-order valence-corrected chi connectivity index (χ2v) is 3.59. The standard InChI is InChI=1S/C9H15N3/c1-2-12-7-8(6-11-12)9(10)4-3-5-9/h6-7H,2-5,10H2,1H3. The lowest BCUT2D eigenvalue weighted by Crippen LogP contribution is -2.42. The van der Waals surface area contributed by atoms with E-state index in [0.29, 0.717) is 0 Å². The summed E-state index contributed by atoms with van der Waals surface area (Å²) in [5, 5.41) is 4.22. The second-order valence-electron chi connectivity index (χ2n) is 3.59. The van der Waals surface area contributed by atoms with E-state index in [2.05, 4.69) is 18.2 Å². The molecular weight excluding hydrogens is 150 g/mol. The third-order valence-corrected chi connectivity index (χ3v) is 2.78. The fraction of sp³-hybridized carbons (Fsp3) is 0.667. The van der Waals surface area contributed by atoms with Gasteiger partial charge in [0.05, 0.1) is 6.20 Å². The maximum Gasteiger partial charge on any atom is 0.0540 e. The molecule has 3 heteroatoms. The topological polar surface area (TPSA) is 43.8 Å². The highest BCUT2D eigenvalue weighted by atomic mass is 15.3. The van der Waals surface area contributed by atoms with Gasteiger partial charge in [0.15, 0.2) is 0 Å². The zero-order chi connectivity index (χ0) is 8.60. The van der Waals surface area contributed by atoms with E-state index in [4.69, 9.17) is 5.73 Å². The molecule has 1 fully saturated rings. The van der Waals surface area contributed by atoms with Crippen LogP contribution in [0.3, 0.4) is 0 Å². The highest BCUT2D eigenvalue weighted by molar-refractivity contribution is 5.20. The lowest BCUT2D eigenvalue weighted by Gasteiger charge is -2.37. The quantitative estimate of drug-likeness (QED) is 0.716. The van der Waals surface area contributed by atoms with E-state index in [1.807, 2.05) is 10.9 Å². The van der Waals surface area contributed by atoms with Crippen molar-refractivity contribution in [1.29, 1.82) is 0 Å². The number of rotatable bonds is 2. The molecule has 0 unspecified atom stereocenters. The Morgan fingerprint density at radius 3 is 2.83 bits per heavy atom. The van der Waals surface area contributed by atoms with Crippen LogP contribution in [0.2, 0.25) is 0 Å². The predicted molar refractivity (Wildman–Crippen MR) is 47.6 cm³/mol. The molecule has 1 saturated carbocycles. The van der Waals surface area contributed by atoms with Gasteiger partial charge < -0.3 is 5.73 Å². The molecule has 2 N–H and O–H groups in total. The first-order chi connectivity index (χ1) is 5.74. The van der Waals surface area contributed by atoms with Crippen LogP contribution in [0.25, 0.3) is 0 Å². The van der Waals surface area contributed by atoms with E-state index in [1.54, 1.807) is 0 Å². The van der Waals surface area contributed by atoms with Gasteiger partial charge in [-0.15, -0.1) is 0 Å². The molecule has 0 bridgehead atoms. The van der Waals surface area contributed by atoms with Crippen molar-refractivity contribution in [2.75, 3.05) is 0 Å². The molecule has 0 aliphatic heterocycles. The summed E-state index contributed by atoms with van der Waals surface area (Å²) in [6.07, 6.45) is 7.46. The van der Waals surface area contributed by atoms with E-state index < -0.39 is 0 Å². The highest BCUT2D eigenvalue weighted by Gasteiger charge is 2.35. The summed E-state index contributed by atoms with van der Waals surface area (Å²) in [6, 6.07) is 0. The minimum atomic E-state index is -0.0482. The van der Waals surface area contributed by atoms with Gasteiger partial charge in [0.25, 0.3) is 0 Å². The first-order valence-electron chi connectivity index (χ1n) is 4.56. The van der Waals surface area contributed by atoms with Crippen molar-refractivity contribution in [3.8, 4) is 0 Å². The number of aryl methyl sites for hydroxylation is 1. The summed E-state index contributed by atoms with van der Waals surface area (Å²) in [6.45, 7) is 3.01. The van der Waals surface area contributed by atoms with Crippen molar-refractivity contribution in [3.05, 3.63) is 18.0 Å². The fourth-order valence-electron chi connectivity index (χ4n) is 1.64. The number of hydrogen-bond acceptors (Lipinski definition) is 2. The Balaban J connectivity index is 2.22. The van der Waals surface area contributed by atoms with Crippen molar-refractivity contribution in [2.45, 2.75) is 38.3 Å². The Hall–Kier alpha value is -0.830. The number of aromatic nitrogens is 2. The first-order valence-corrected chi connectivity index (χ1v) is 4.56. The molecule has 1 heterocycles. The van der Waals surface area contributed by atoms with Crippen molar-refractivity contribution >= 4 is 0 Å². The fourth-order valence-corrected chi connectivity index (χ4v) is 1.64. The van der Waals surface area contributed by atoms with Crippen LogP contribution in [0.1, 0.15) is 31.7 Å². The predicted octanol–water partition coefficient (Wildman–Crippen LogP) is 1.24. The van der Waals surface area contributed by atoms with E-state index in [-0.39, 0.29) is 5.54 Å². The molecule has 1 aliphatic rings. The third-order valence-electron chi connectivity index (χ3n) is 2.78. The molecule has 1 aromatic rings. The Morgan fingerprint density at radius 1 is 1.67 bits per heavy atom. The molecule has 1 aliphatic carbocycles. The van der Waals surface area contributed by atoms with E-state index in [0.717, 1.165) is 19.4 Å². The largest absolute Gasteiger partial charge is 0.321 e. The lowest BCUT2D eigenvalue weighted by molar-refractivity contribution is 0.253. The molecule has 0 saturated heterocycles. The van der Waals surface area contributed by atoms with Crippen LogP contribution in [-0.2, 0) is 12.1 Å². The molecule has 0 radical (unpaired) electrons. The van der Waals surface area contributed by atoms with Crippen LogP contribution in [0.4, 0.5) is 0 Å². The van der Waals surface area contributed by atoms with Crippen molar-refractivity contribution in [3.63, 3.8) is 0 Å². The second kappa shape index (κ2) is 2.59. The SMILES string of the molecule is CCn1cc(C2(N)CCC2)cn1. The van der Waals surface area contributed by atoms with Gasteiger partial charge in [-0.3, -0.25) is 4.68 Å². The molecule has 0 amide bonds. The van der Waals surface area contributed by atoms with Crippen LogP contribution in [0.5, 0.6) is 0 Å². The number of nitrogens with zero attached hydrogens (tertiary/aromatic N) is 2. The monoisotopic (exact) mass is 165 g/mol. The van der Waals surface area contributed by atoms with Gasteiger partial charge in [0, 0.05) is 23.8 Å². The number of nitrogens with two attached hydrogens (primary N) is 1. The average Bonchev–Trinajstić information content (AvgIpc) is 2.48. The summed E-state index contributed by atoms with van der Waals surface area (Å²) >= 11 is 0. The summed E-state index contributed by atoms with van der Waals surface area (Å²) < 4.78 is 1.93. The van der Waals surface area contributed by atoms with Crippen molar-refractivity contribution in [2.24, 2.45) is 5.73 Å². The zero-order valence-corrected chi connectivity index (χ0v) is 7.45. The third kappa shape index (κ3) is 1.05. The van der Waals surface area contributed by atoms with E-state index in [9.17, 15) is 0 Å². The van der Waals surface area contributed by atoms with Crippen LogP contribution in [0.15, 0.2) is 12.4 Å². The maximum atomic E-state index is 6.14. The van der Waals surface area contributed by atoms with Crippen LogP contribution in [-0.4, -0.2) is 9.78 Å². The van der Waals surface area contributed by atoms with E-state index >= 15 is 0 Å². The van der Waals surface area contributed by atoms with E-state index in [1.165, 1.54) is 12.0 Å². The molecule has 66 valence electrons. The minimum absolute atomic E-state index is 0.0482. The Bertz CT molecular complexity index is 273. The summed E-state index contributed by atoms with van der Waals surface area (Å²) in [5.41, 5.74) is 7.29. The van der Waals surface area contributed by atoms with Gasteiger partial charge >= 0.3 is 0 Å². The van der Waals surface area contributed by atoms with Gasteiger partial charge in [0.1, 0.15) is 0 Å². The van der Waals surface area contributed by atoms with Crippen LogP contribution < -0.4 is 5.73 Å². The molecular formula is C9H15N3. The molecule has 2 rings (SSSR count). The first kappa shape index (κ1) is 7.80. The average molecular weight is 165 g/mol.